The maximum Gasteiger partial charge on any atom is 0.236 e. The van der Waals surface area contributed by atoms with Crippen molar-refractivity contribution in [3.63, 3.8) is 0 Å². The lowest BCUT2D eigenvalue weighted by molar-refractivity contribution is -0.116. The third-order valence-electron chi connectivity index (χ3n) is 2.70. The van der Waals surface area contributed by atoms with Gasteiger partial charge >= 0.3 is 0 Å². The lowest BCUT2D eigenvalue weighted by atomic mass is 10.1. The highest BCUT2D eigenvalue weighted by Gasteiger charge is 2.22. The van der Waals surface area contributed by atoms with Crippen LogP contribution in [0.2, 0.25) is 0 Å². The summed E-state index contributed by atoms with van der Waals surface area (Å²) < 4.78 is 14.0. The van der Waals surface area contributed by atoms with Crippen LogP contribution in [0.1, 0.15) is 32.4 Å². The Morgan fingerprint density at radius 1 is 1.44 bits per heavy atom. The van der Waals surface area contributed by atoms with Crippen molar-refractivity contribution in [3.8, 4) is 0 Å². The molecule has 0 bridgehead atoms. The average molecular weight is 254 g/mol. The summed E-state index contributed by atoms with van der Waals surface area (Å²) in [5.74, 6) is -1.01. The van der Waals surface area contributed by atoms with E-state index in [2.05, 4.69) is 0 Å². The number of carbonyl (C=O) groups is 1. The van der Waals surface area contributed by atoms with Crippen molar-refractivity contribution >= 4 is 11.6 Å². The van der Waals surface area contributed by atoms with E-state index in [1.165, 1.54) is 12.1 Å². The summed E-state index contributed by atoms with van der Waals surface area (Å²) in [5, 5.41) is 9.68. The number of hydrogen-bond donors (Lipinski definition) is 2. The lowest BCUT2D eigenvalue weighted by Gasteiger charge is -2.30. The van der Waals surface area contributed by atoms with Gasteiger partial charge in [0, 0.05) is 11.6 Å². The van der Waals surface area contributed by atoms with E-state index < -0.39 is 17.8 Å². The van der Waals surface area contributed by atoms with Gasteiger partial charge in [0.25, 0.3) is 0 Å². The molecule has 18 heavy (non-hydrogen) atoms. The van der Waals surface area contributed by atoms with Gasteiger partial charge in [0.05, 0.1) is 18.3 Å². The molecule has 0 fully saturated rings. The molecule has 1 amide bonds. The fraction of sp³-hybridized carbons (Fsp3) is 0.462. The first-order valence-corrected chi connectivity index (χ1v) is 5.86. The molecule has 0 aliphatic rings. The van der Waals surface area contributed by atoms with E-state index in [1.807, 2.05) is 13.8 Å². The Bertz CT molecular complexity index is 433. The van der Waals surface area contributed by atoms with Crippen LogP contribution in [0.5, 0.6) is 0 Å². The third-order valence-corrected chi connectivity index (χ3v) is 2.70. The number of para-hydroxylation sites is 1. The quantitative estimate of drug-likeness (QED) is 0.838. The number of aliphatic hydroxyl groups is 1. The van der Waals surface area contributed by atoms with E-state index in [0.717, 1.165) is 0 Å². The summed E-state index contributed by atoms with van der Waals surface area (Å²) >= 11 is 0. The number of nitrogens with two attached hydrogens (primary N) is 1. The Morgan fingerprint density at radius 2 is 2.06 bits per heavy atom. The van der Waals surface area contributed by atoms with Gasteiger partial charge in [-0.1, -0.05) is 12.1 Å². The van der Waals surface area contributed by atoms with Gasteiger partial charge in [-0.25, -0.2) is 4.39 Å². The van der Waals surface area contributed by atoms with Gasteiger partial charge in [-0.15, -0.1) is 0 Å². The molecule has 1 aromatic carbocycles. The largest absolute Gasteiger partial charge is 0.389 e. The Morgan fingerprint density at radius 3 is 2.50 bits per heavy atom. The zero-order valence-electron chi connectivity index (χ0n) is 10.9. The van der Waals surface area contributed by atoms with Crippen LogP contribution in [-0.2, 0) is 4.79 Å². The fourth-order valence-electron chi connectivity index (χ4n) is 1.86. The van der Waals surface area contributed by atoms with Crippen LogP contribution in [0.15, 0.2) is 18.2 Å². The van der Waals surface area contributed by atoms with Crippen molar-refractivity contribution in [2.45, 2.75) is 32.9 Å². The van der Waals surface area contributed by atoms with E-state index in [4.69, 9.17) is 5.73 Å². The van der Waals surface area contributed by atoms with Crippen LogP contribution in [-0.4, -0.2) is 23.6 Å². The molecular weight excluding hydrogens is 235 g/mol. The zero-order valence-corrected chi connectivity index (χ0v) is 10.9. The maximum absolute atomic E-state index is 14.0. The van der Waals surface area contributed by atoms with E-state index >= 15 is 0 Å². The number of nitrogens with zero attached hydrogens (tertiary/aromatic N) is 1. The monoisotopic (exact) mass is 254 g/mol. The number of carbonyl (C=O) groups excluding carboxylic acids is 1. The van der Waals surface area contributed by atoms with Gasteiger partial charge in [0.1, 0.15) is 5.82 Å². The molecule has 100 valence electrons. The average Bonchev–Trinajstić information content (AvgIpc) is 2.25. The molecule has 1 aromatic rings. The van der Waals surface area contributed by atoms with Gasteiger partial charge in [-0.05, 0) is 26.8 Å². The van der Waals surface area contributed by atoms with Crippen molar-refractivity contribution in [3.05, 3.63) is 29.6 Å². The van der Waals surface area contributed by atoms with Gasteiger partial charge < -0.3 is 15.7 Å². The van der Waals surface area contributed by atoms with Crippen molar-refractivity contribution in [2.75, 3.05) is 11.4 Å². The minimum Gasteiger partial charge on any atom is -0.389 e. The third kappa shape index (κ3) is 3.20. The molecule has 0 aromatic heterocycles. The summed E-state index contributed by atoms with van der Waals surface area (Å²) in [6, 6.07) is 4.37. The molecule has 0 saturated carbocycles. The van der Waals surface area contributed by atoms with Crippen LogP contribution in [0.3, 0.4) is 0 Å². The predicted octanol–water partition coefficient (Wildman–Crippen LogP) is 1.58. The Hall–Kier alpha value is -1.62. The molecule has 0 spiro atoms. The standard InChI is InChI=1S/C13H19FN2O2/c1-8(2)16(7-12(15)18)13-10(9(3)17)5-4-6-11(13)14/h4-6,8-9,17H,7H2,1-3H3,(H2,15,18)/t9-/m1/s1. The number of aliphatic hydroxyl groups excluding tert-OH is 1. The zero-order chi connectivity index (χ0) is 13.9. The predicted molar refractivity (Wildman–Crippen MR) is 68.7 cm³/mol. The van der Waals surface area contributed by atoms with Crippen molar-refractivity contribution in [2.24, 2.45) is 5.73 Å². The Kier molecular flexibility index (Phi) is 4.67. The molecule has 0 saturated heterocycles. The molecule has 0 aliphatic carbocycles. The van der Waals surface area contributed by atoms with Crippen LogP contribution in [0.25, 0.3) is 0 Å². The molecule has 1 rings (SSSR count). The van der Waals surface area contributed by atoms with Gasteiger partial charge in [-0.3, -0.25) is 4.79 Å². The van der Waals surface area contributed by atoms with Crippen molar-refractivity contribution in [1.82, 2.24) is 0 Å². The van der Waals surface area contributed by atoms with Crippen LogP contribution in [0, 0.1) is 5.82 Å². The smallest absolute Gasteiger partial charge is 0.236 e. The molecule has 5 heteroatoms. The molecule has 1 atom stereocenters. The van der Waals surface area contributed by atoms with E-state index in [0.29, 0.717) is 5.56 Å². The van der Waals surface area contributed by atoms with E-state index in [1.54, 1.807) is 17.9 Å². The molecular formula is C13H19FN2O2. The van der Waals surface area contributed by atoms with Crippen molar-refractivity contribution in [1.29, 1.82) is 0 Å². The molecule has 4 nitrogen and oxygen atoms in total. The molecule has 0 unspecified atom stereocenters. The maximum atomic E-state index is 14.0. The second kappa shape index (κ2) is 5.82. The van der Waals surface area contributed by atoms with Crippen LogP contribution < -0.4 is 10.6 Å². The highest BCUT2D eigenvalue weighted by molar-refractivity contribution is 5.80. The molecule has 0 heterocycles. The summed E-state index contributed by atoms with van der Waals surface area (Å²) in [7, 11) is 0. The van der Waals surface area contributed by atoms with Crippen LogP contribution >= 0.6 is 0 Å². The fourth-order valence-corrected chi connectivity index (χ4v) is 1.86. The van der Waals surface area contributed by atoms with Crippen molar-refractivity contribution < 1.29 is 14.3 Å². The first kappa shape index (κ1) is 14.4. The summed E-state index contributed by atoms with van der Waals surface area (Å²) in [4.78, 5) is 12.6. The number of rotatable bonds is 5. The van der Waals surface area contributed by atoms with E-state index in [9.17, 15) is 14.3 Å². The van der Waals surface area contributed by atoms with Gasteiger partial charge in [0.2, 0.25) is 5.91 Å². The SMILES string of the molecule is CC(C)N(CC(N)=O)c1c(F)cccc1[C@@H](C)O. The molecule has 3 N–H and O–H groups in total. The topological polar surface area (TPSA) is 66.6 Å². The van der Waals surface area contributed by atoms with Gasteiger partial charge in [0.15, 0.2) is 0 Å². The number of benzene rings is 1. The number of amides is 1. The second-order valence-corrected chi connectivity index (χ2v) is 4.54. The van der Waals surface area contributed by atoms with Gasteiger partial charge in [-0.2, -0.15) is 0 Å². The molecule has 0 radical (unpaired) electrons. The first-order chi connectivity index (χ1) is 8.34. The van der Waals surface area contributed by atoms with E-state index in [-0.39, 0.29) is 18.3 Å². The normalized spacial score (nSPS) is 12.6. The minimum atomic E-state index is -0.815. The Balaban J connectivity index is 3.30. The Labute approximate surface area is 106 Å². The van der Waals surface area contributed by atoms with Crippen LogP contribution in [0.4, 0.5) is 10.1 Å². The first-order valence-electron chi connectivity index (χ1n) is 5.86. The number of halogens is 1. The second-order valence-electron chi connectivity index (χ2n) is 4.54. The summed E-state index contributed by atoms with van der Waals surface area (Å²) in [6.07, 6.45) is -0.815. The lowest BCUT2D eigenvalue weighted by Crippen LogP contribution is -2.39. The highest BCUT2D eigenvalue weighted by Crippen LogP contribution is 2.30. The number of hydrogen-bond acceptors (Lipinski definition) is 3. The highest BCUT2D eigenvalue weighted by atomic mass is 19.1. The molecule has 0 aliphatic heterocycles. The summed E-state index contributed by atoms with van der Waals surface area (Å²) in [5.41, 5.74) is 5.87. The summed E-state index contributed by atoms with van der Waals surface area (Å²) in [6.45, 7) is 5.14. The number of primary amides is 1. The number of anilines is 1. The minimum absolute atomic E-state index is 0.0850.